The Kier molecular flexibility index (Phi) is 4.83. The number of thiazole rings is 1. The monoisotopic (exact) mass is 307 g/mol. The van der Waals surface area contributed by atoms with Gasteiger partial charge >= 0.3 is 5.97 Å². The van der Waals surface area contributed by atoms with E-state index in [1.54, 1.807) is 19.1 Å². The van der Waals surface area contributed by atoms with Gasteiger partial charge in [-0.1, -0.05) is 0 Å². The van der Waals surface area contributed by atoms with Gasteiger partial charge in [0.1, 0.15) is 5.69 Å². The molecular weight excluding hydrogens is 294 g/mol. The standard InChI is InChI=1S/C13H13N3O4S/c1-3-20-13(18)12-16-9(7-21-12)11(17)15-8-4-5-10(19-2)14-6-8/h4-7H,3H2,1-2H3,(H,15,17). The van der Waals surface area contributed by atoms with E-state index in [0.29, 0.717) is 11.6 Å². The van der Waals surface area contributed by atoms with Gasteiger partial charge in [-0.2, -0.15) is 0 Å². The molecule has 0 spiro atoms. The molecule has 0 aromatic carbocycles. The number of nitrogens with zero attached hydrogens (tertiary/aromatic N) is 2. The van der Waals surface area contributed by atoms with Gasteiger partial charge < -0.3 is 14.8 Å². The molecule has 0 aliphatic carbocycles. The van der Waals surface area contributed by atoms with Crippen molar-refractivity contribution in [3.05, 3.63) is 34.4 Å². The number of amides is 1. The van der Waals surface area contributed by atoms with Crippen LogP contribution in [0.5, 0.6) is 5.88 Å². The molecule has 1 amide bonds. The zero-order chi connectivity index (χ0) is 15.2. The summed E-state index contributed by atoms with van der Waals surface area (Å²) in [6, 6.07) is 3.28. The van der Waals surface area contributed by atoms with Crippen LogP contribution in [0.4, 0.5) is 5.69 Å². The fraction of sp³-hybridized carbons (Fsp3) is 0.231. The van der Waals surface area contributed by atoms with E-state index in [4.69, 9.17) is 9.47 Å². The maximum absolute atomic E-state index is 12.0. The van der Waals surface area contributed by atoms with Crippen LogP contribution < -0.4 is 10.1 Å². The number of esters is 1. The number of aromatic nitrogens is 2. The van der Waals surface area contributed by atoms with Gasteiger partial charge in [-0.15, -0.1) is 11.3 Å². The van der Waals surface area contributed by atoms with E-state index in [0.717, 1.165) is 11.3 Å². The summed E-state index contributed by atoms with van der Waals surface area (Å²) in [5.74, 6) is -0.507. The topological polar surface area (TPSA) is 90.4 Å². The molecule has 0 saturated carbocycles. The van der Waals surface area contributed by atoms with Gasteiger partial charge in [0.15, 0.2) is 0 Å². The molecule has 2 aromatic heterocycles. The highest BCUT2D eigenvalue weighted by atomic mass is 32.1. The molecule has 7 nitrogen and oxygen atoms in total. The molecule has 110 valence electrons. The quantitative estimate of drug-likeness (QED) is 0.849. The maximum atomic E-state index is 12.0. The van der Waals surface area contributed by atoms with Gasteiger partial charge in [0.2, 0.25) is 10.9 Å². The number of pyridine rings is 1. The number of ether oxygens (including phenoxy) is 2. The van der Waals surface area contributed by atoms with Crippen LogP contribution >= 0.6 is 11.3 Å². The second kappa shape index (κ2) is 6.80. The van der Waals surface area contributed by atoms with Crippen molar-refractivity contribution in [1.82, 2.24) is 9.97 Å². The third-order valence-corrected chi connectivity index (χ3v) is 3.21. The predicted molar refractivity (Wildman–Crippen MR) is 76.8 cm³/mol. The molecule has 0 unspecified atom stereocenters. The number of carbonyl (C=O) groups is 2. The van der Waals surface area contributed by atoms with Crippen LogP contribution in [-0.2, 0) is 4.74 Å². The van der Waals surface area contributed by atoms with Crippen LogP contribution in [0.25, 0.3) is 0 Å². The molecule has 2 heterocycles. The molecule has 21 heavy (non-hydrogen) atoms. The zero-order valence-electron chi connectivity index (χ0n) is 11.5. The number of rotatable bonds is 5. The van der Waals surface area contributed by atoms with Crippen molar-refractivity contribution in [2.75, 3.05) is 19.0 Å². The first-order chi connectivity index (χ1) is 10.1. The second-order valence-corrected chi connectivity index (χ2v) is 4.66. The molecule has 2 rings (SSSR count). The van der Waals surface area contributed by atoms with Gasteiger partial charge in [0, 0.05) is 11.4 Å². The lowest BCUT2D eigenvalue weighted by atomic mass is 10.4. The van der Waals surface area contributed by atoms with Crippen molar-refractivity contribution < 1.29 is 19.1 Å². The molecular formula is C13H13N3O4S. The van der Waals surface area contributed by atoms with Crippen molar-refractivity contribution >= 4 is 28.9 Å². The number of nitrogens with one attached hydrogen (secondary N) is 1. The highest BCUT2D eigenvalue weighted by Crippen LogP contribution is 2.15. The third-order valence-electron chi connectivity index (χ3n) is 2.39. The molecule has 2 aromatic rings. The van der Waals surface area contributed by atoms with Crippen LogP contribution in [0.15, 0.2) is 23.7 Å². The lowest BCUT2D eigenvalue weighted by Crippen LogP contribution is -2.13. The normalized spacial score (nSPS) is 10.0. The summed E-state index contributed by atoms with van der Waals surface area (Å²) in [5.41, 5.74) is 0.658. The Morgan fingerprint density at radius 3 is 2.81 bits per heavy atom. The van der Waals surface area contributed by atoms with E-state index >= 15 is 0 Å². The molecule has 0 saturated heterocycles. The third kappa shape index (κ3) is 3.76. The maximum Gasteiger partial charge on any atom is 0.367 e. The van der Waals surface area contributed by atoms with Crippen LogP contribution in [0.1, 0.15) is 27.2 Å². The number of hydrogen-bond acceptors (Lipinski definition) is 7. The summed E-state index contributed by atoms with van der Waals surface area (Å²) in [6.07, 6.45) is 1.47. The van der Waals surface area contributed by atoms with Gasteiger partial charge in [0.25, 0.3) is 5.91 Å². The second-order valence-electron chi connectivity index (χ2n) is 3.80. The lowest BCUT2D eigenvalue weighted by Gasteiger charge is -2.03. The van der Waals surface area contributed by atoms with E-state index in [1.807, 2.05) is 0 Å². The number of methoxy groups -OCH3 is 1. The molecule has 0 atom stereocenters. The highest BCUT2D eigenvalue weighted by Gasteiger charge is 2.16. The summed E-state index contributed by atoms with van der Waals surface area (Å²) in [5, 5.41) is 4.28. The first-order valence-corrected chi connectivity index (χ1v) is 6.96. The average Bonchev–Trinajstić information content (AvgIpc) is 2.98. The molecule has 0 aliphatic heterocycles. The fourth-order valence-electron chi connectivity index (χ4n) is 1.43. The first kappa shape index (κ1) is 14.9. The van der Waals surface area contributed by atoms with E-state index in [-0.39, 0.29) is 17.3 Å². The molecule has 0 radical (unpaired) electrons. The van der Waals surface area contributed by atoms with Gasteiger partial charge in [-0.3, -0.25) is 4.79 Å². The summed E-state index contributed by atoms with van der Waals surface area (Å²) >= 11 is 1.06. The van der Waals surface area contributed by atoms with E-state index in [9.17, 15) is 9.59 Å². The van der Waals surface area contributed by atoms with Crippen LogP contribution in [0.3, 0.4) is 0 Å². The smallest absolute Gasteiger partial charge is 0.367 e. The highest BCUT2D eigenvalue weighted by molar-refractivity contribution is 7.11. The van der Waals surface area contributed by atoms with Crippen LogP contribution in [-0.4, -0.2) is 35.6 Å². The fourth-order valence-corrected chi connectivity index (χ4v) is 2.12. The molecule has 8 heteroatoms. The predicted octanol–water partition coefficient (Wildman–Crippen LogP) is 1.98. The van der Waals surface area contributed by atoms with Crippen molar-refractivity contribution in [1.29, 1.82) is 0 Å². The summed E-state index contributed by atoms with van der Waals surface area (Å²) in [7, 11) is 1.51. The van der Waals surface area contributed by atoms with Crippen LogP contribution in [0, 0.1) is 0 Å². The number of hydrogen-bond donors (Lipinski definition) is 1. The summed E-state index contributed by atoms with van der Waals surface area (Å²) in [4.78, 5) is 31.4. The Bertz CT molecular complexity index is 639. The minimum absolute atomic E-state index is 0.148. The van der Waals surface area contributed by atoms with Crippen molar-refractivity contribution in [2.45, 2.75) is 6.92 Å². The van der Waals surface area contributed by atoms with Crippen LogP contribution in [0.2, 0.25) is 0 Å². The first-order valence-electron chi connectivity index (χ1n) is 6.08. The molecule has 0 aliphatic rings. The number of carbonyl (C=O) groups excluding carboxylic acids is 2. The van der Waals surface area contributed by atoms with Crippen molar-refractivity contribution in [3.8, 4) is 5.88 Å². The van der Waals surface area contributed by atoms with Crippen molar-refractivity contribution in [2.24, 2.45) is 0 Å². The Morgan fingerprint density at radius 1 is 1.38 bits per heavy atom. The van der Waals surface area contributed by atoms with E-state index in [2.05, 4.69) is 15.3 Å². The largest absolute Gasteiger partial charge is 0.481 e. The Morgan fingerprint density at radius 2 is 2.19 bits per heavy atom. The summed E-state index contributed by atoms with van der Waals surface area (Å²) in [6.45, 7) is 1.97. The molecule has 1 N–H and O–H groups in total. The van der Waals surface area contributed by atoms with E-state index < -0.39 is 11.9 Å². The Labute approximate surface area is 124 Å². The minimum Gasteiger partial charge on any atom is -0.481 e. The van der Waals surface area contributed by atoms with Gasteiger partial charge in [-0.05, 0) is 13.0 Å². The SMILES string of the molecule is CCOC(=O)c1nc(C(=O)Nc2ccc(OC)nc2)cs1. The van der Waals surface area contributed by atoms with Gasteiger partial charge in [0.05, 0.1) is 25.6 Å². The minimum atomic E-state index is -0.535. The van der Waals surface area contributed by atoms with Crippen molar-refractivity contribution in [3.63, 3.8) is 0 Å². The average molecular weight is 307 g/mol. The number of anilines is 1. The zero-order valence-corrected chi connectivity index (χ0v) is 12.3. The lowest BCUT2D eigenvalue weighted by molar-refractivity contribution is 0.0526. The van der Waals surface area contributed by atoms with E-state index in [1.165, 1.54) is 18.7 Å². The molecule has 0 fully saturated rings. The Balaban J connectivity index is 2.04. The van der Waals surface area contributed by atoms with Gasteiger partial charge in [-0.25, -0.2) is 14.8 Å². The Hall–Kier alpha value is -2.48. The molecule has 0 bridgehead atoms. The summed E-state index contributed by atoms with van der Waals surface area (Å²) < 4.78 is 9.74.